The molecule has 0 aliphatic carbocycles. The number of para-hydroxylation sites is 1. The van der Waals surface area contributed by atoms with Gasteiger partial charge in [0.25, 0.3) is 5.91 Å². The highest BCUT2D eigenvalue weighted by atomic mass is 35.5. The van der Waals surface area contributed by atoms with Crippen molar-refractivity contribution in [2.45, 2.75) is 44.9 Å². The number of methoxy groups -OCH3 is 1. The molecule has 0 bridgehead atoms. The molecule has 0 radical (unpaired) electrons. The van der Waals surface area contributed by atoms with E-state index in [4.69, 9.17) is 22.1 Å². The van der Waals surface area contributed by atoms with E-state index in [1.54, 1.807) is 12.1 Å². The summed E-state index contributed by atoms with van der Waals surface area (Å²) in [5.41, 5.74) is 8.56. The van der Waals surface area contributed by atoms with Crippen molar-refractivity contribution >= 4 is 39.9 Å². The van der Waals surface area contributed by atoms with Crippen LogP contribution in [0.25, 0.3) is 10.9 Å². The zero-order valence-electron chi connectivity index (χ0n) is 22.5. The van der Waals surface area contributed by atoms with Crippen LogP contribution >= 0.6 is 11.6 Å². The molecule has 4 rings (SSSR count). The molecule has 1 aliphatic heterocycles. The number of hydrogen-bond acceptors (Lipinski definition) is 5. The Morgan fingerprint density at radius 2 is 1.82 bits per heavy atom. The molecule has 3 N–H and O–H groups in total. The van der Waals surface area contributed by atoms with Gasteiger partial charge in [-0.1, -0.05) is 42.6 Å². The summed E-state index contributed by atoms with van der Waals surface area (Å²) in [7, 11) is 3.51. The van der Waals surface area contributed by atoms with Crippen molar-refractivity contribution in [3.05, 3.63) is 58.7 Å². The molecule has 8 heteroatoms. The number of unbranched alkanes of at least 4 members (excludes halogenated alkanes) is 3. The topological polar surface area (TPSA) is 89.6 Å². The van der Waals surface area contributed by atoms with Gasteiger partial charge in [0.05, 0.1) is 23.4 Å². The number of halogens is 1. The number of rotatable bonds is 12. The number of carbonyl (C=O) groups excluding carboxylic acids is 2. The van der Waals surface area contributed by atoms with Gasteiger partial charge in [-0.3, -0.25) is 9.59 Å². The van der Waals surface area contributed by atoms with E-state index < -0.39 is 0 Å². The van der Waals surface area contributed by atoms with Crippen molar-refractivity contribution in [3.63, 3.8) is 0 Å². The van der Waals surface area contributed by atoms with E-state index in [9.17, 15) is 9.59 Å². The molecular weight excluding hydrogens is 500 g/mol. The molecule has 0 spiro atoms. The number of aryl methyl sites for hydroxylation is 1. The quantitative estimate of drug-likeness (QED) is 0.175. The predicted molar refractivity (Wildman–Crippen MR) is 154 cm³/mol. The number of nitrogen functional groups attached to an aromatic ring is 1. The standard InChI is InChI=1S/C30H39ClN4O3/c1-34-20-24(22-9-6-7-10-27(22)34)28(36)11-5-3-4-8-14-35-15-12-21(13-16-35)19-33-30(37)23-17-25(31)26(32)18-29(23)38-2/h6-7,9-10,17-18,20-21H,3-5,8,11-16,19,32H2,1-2H3,(H,33,37). The number of piperidine rings is 1. The molecule has 7 nitrogen and oxygen atoms in total. The fourth-order valence-electron chi connectivity index (χ4n) is 5.33. The van der Waals surface area contributed by atoms with Crippen molar-refractivity contribution in [2.75, 3.05) is 39.0 Å². The molecule has 0 saturated carbocycles. The number of amides is 1. The molecule has 1 amide bonds. The van der Waals surface area contributed by atoms with Crippen LogP contribution in [0.3, 0.4) is 0 Å². The van der Waals surface area contributed by atoms with Crippen molar-refractivity contribution < 1.29 is 14.3 Å². The van der Waals surface area contributed by atoms with E-state index >= 15 is 0 Å². The summed E-state index contributed by atoms with van der Waals surface area (Å²) in [6, 6.07) is 11.2. The molecule has 1 aliphatic rings. The SMILES string of the molecule is COc1cc(N)c(Cl)cc1C(=O)NCC1CCN(CCCCCCC(=O)c2cn(C)c3ccccc23)CC1. The van der Waals surface area contributed by atoms with E-state index in [2.05, 4.69) is 16.3 Å². The number of anilines is 1. The van der Waals surface area contributed by atoms with Gasteiger partial charge in [-0.05, 0) is 63.4 Å². The van der Waals surface area contributed by atoms with Crippen LogP contribution in [0.2, 0.25) is 5.02 Å². The van der Waals surface area contributed by atoms with Crippen LogP contribution < -0.4 is 15.8 Å². The monoisotopic (exact) mass is 538 g/mol. The number of ketones is 1. The zero-order valence-corrected chi connectivity index (χ0v) is 23.2. The third-order valence-electron chi connectivity index (χ3n) is 7.65. The van der Waals surface area contributed by atoms with E-state index in [0.29, 0.717) is 40.9 Å². The van der Waals surface area contributed by atoms with Gasteiger partial charge < -0.3 is 25.3 Å². The second-order valence-electron chi connectivity index (χ2n) is 10.3. The van der Waals surface area contributed by atoms with E-state index in [0.717, 1.165) is 74.6 Å². The van der Waals surface area contributed by atoms with Crippen LogP contribution in [0.15, 0.2) is 42.6 Å². The molecule has 204 valence electrons. The maximum absolute atomic E-state index is 12.8. The van der Waals surface area contributed by atoms with Crippen LogP contribution in [0.1, 0.15) is 65.7 Å². The Bertz CT molecular complexity index is 1260. The molecule has 2 aromatic carbocycles. The average molecular weight is 539 g/mol. The van der Waals surface area contributed by atoms with E-state index in [-0.39, 0.29) is 11.7 Å². The molecule has 1 saturated heterocycles. The lowest BCUT2D eigenvalue weighted by molar-refractivity contribution is 0.0931. The number of carbonyl (C=O) groups is 2. The Balaban J connectivity index is 1.10. The van der Waals surface area contributed by atoms with Crippen molar-refractivity contribution in [3.8, 4) is 5.75 Å². The first-order valence-corrected chi connectivity index (χ1v) is 14.0. The highest BCUT2D eigenvalue weighted by Crippen LogP contribution is 2.29. The summed E-state index contributed by atoms with van der Waals surface area (Å²) >= 11 is 6.10. The smallest absolute Gasteiger partial charge is 0.255 e. The van der Waals surface area contributed by atoms with Gasteiger partial charge in [0, 0.05) is 48.7 Å². The van der Waals surface area contributed by atoms with Crippen molar-refractivity contribution in [1.82, 2.24) is 14.8 Å². The summed E-state index contributed by atoms with van der Waals surface area (Å²) < 4.78 is 7.33. The largest absolute Gasteiger partial charge is 0.496 e. The van der Waals surface area contributed by atoms with Crippen LogP contribution in [-0.4, -0.2) is 54.4 Å². The molecule has 1 fully saturated rings. The number of aromatic nitrogens is 1. The third-order valence-corrected chi connectivity index (χ3v) is 7.97. The normalized spacial score (nSPS) is 14.6. The Morgan fingerprint density at radius 1 is 1.08 bits per heavy atom. The second kappa shape index (κ2) is 13.2. The summed E-state index contributed by atoms with van der Waals surface area (Å²) in [4.78, 5) is 28.0. The van der Waals surface area contributed by atoms with Crippen LogP contribution in [0.5, 0.6) is 5.75 Å². The zero-order chi connectivity index (χ0) is 27.1. The van der Waals surface area contributed by atoms with Gasteiger partial charge in [-0.15, -0.1) is 0 Å². The van der Waals surface area contributed by atoms with E-state index in [1.807, 2.05) is 36.0 Å². The Kier molecular flexibility index (Phi) is 9.69. The number of nitrogens with zero attached hydrogens (tertiary/aromatic N) is 2. The van der Waals surface area contributed by atoms with Crippen molar-refractivity contribution in [1.29, 1.82) is 0 Å². The molecule has 0 atom stereocenters. The Labute approximate surface area is 230 Å². The number of nitrogens with one attached hydrogen (secondary N) is 1. The maximum Gasteiger partial charge on any atom is 0.255 e. The number of Topliss-reactive ketones (excluding diaryl/α,β-unsaturated/α-hetero) is 1. The fraction of sp³-hybridized carbons (Fsp3) is 0.467. The molecule has 0 unspecified atom stereocenters. The number of likely N-dealkylation sites (tertiary alicyclic amines) is 1. The number of ether oxygens (including phenoxy) is 1. The summed E-state index contributed by atoms with van der Waals surface area (Å²) in [5, 5.41) is 4.44. The number of nitrogens with two attached hydrogens (primary N) is 1. The Morgan fingerprint density at radius 3 is 2.58 bits per heavy atom. The first-order chi connectivity index (χ1) is 18.4. The fourth-order valence-corrected chi connectivity index (χ4v) is 5.50. The molecule has 1 aromatic heterocycles. The van der Waals surface area contributed by atoms with E-state index in [1.165, 1.54) is 7.11 Å². The second-order valence-corrected chi connectivity index (χ2v) is 10.7. The lowest BCUT2D eigenvalue weighted by Gasteiger charge is -2.32. The van der Waals surface area contributed by atoms with Gasteiger partial charge >= 0.3 is 0 Å². The predicted octanol–water partition coefficient (Wildman–Crippen LogP) is 5.70. The van der Waals surface area contributed by atoms with Gasteiger partial charge in [-0.25, -0.2) is 0 Å². The van der Waals surface area contributed by atoms with Gasteiger partial charge in [0.15, 0.2) is 5.78 Å². The lowest BCUT2D eigenvalue weighted by atomic mass is 9.96. The average Bonchev–Trinajstić information content (AvgIpc) is 3.27. The number of benzene rings is 2. The minimum absolute atomic E-state index is 0.190. The van der Waals surface area contributed by atoms with Crippen molar-refractivity contribution in [2.24, 2.45) is 13.0 Å². The van der Waals surface area contributed by atoms with Gasteiger partial charge in [0.2, 0.25) is 0 Å². The number of hydrogen-bond donors (Lipinski definition) is 2. The minimum atomic E-state index is -0.190. The van der Waals surface area contributed by atoms with Gasteiger partial charge in [0.1, 0.15) is 5.75 Å². The Hall–Kier alpha value is -3.03. The third kappa shape index (κ3) is 6.88. The van der Waals surface area contributed by atoms with Gasteiger partial charge in [-0.2, -0.15) is 0 Å². The van der Waals surface area contributed by atoms with Crippen LogP contribution in [-0.2, 0) is 7.05 Å². The molecular formula is C30H39ClN4O3. The lowest BCUT2D eigenvalue weighted by Crippen LogP contribution is -2.39. The number of fused-ring (bicyclic) bond motifs is 1. The molecule has 38 heavy (non-hydrogen) atoms. The molecule has 3 aromatic rings. The highest BCUT2D eigenvalue weighted by molar-refractivity contribution is 6.33. The maximum atomic E-state index is 12.8. The first-order valence-electron chi connectivity index (χ1n) is 13.6. The minimum Gasteiger partial charge on any atom is -0.496 e. The summed E-state index contributed by atoms with van der Waals surface area (Å²) in [6.45, 7) is 3.84. The summed E-state index contributed by atoms with van der Waals surface area (Å²) in [5.74, 6) is 0.946. The first kappa shape index (κ1) is 28.0. The summed E-state index contributed by atoms with van der Waals surface area (Å²) in [6.07, 6.45) is 9.03. The molecule has 2 heterocycles. The highest BCUT2D eigenvalue weighted by Gasteiger charge is 2.21. The van der Waals surface area contributed by atoms with Crippen LogP contribution in [0.4, 0.5) is 5.69 Å². The van der Waals surface area contributed by atoms with Crippen LogP contribution in [0, 0.1) is 5.92 Å².